The Bertz CT molecular complexity index is 1080. The second-order valence-corrected chi connectivity index (χ2v) is 8.40. The number of aromatic nitrogens is 2. The summed E-state index contributed by atoms with van der Waals surface area (Å²) in [6, 6.07) is 13.0. The molecule has 2 heterocycles. The molecule has 10 heteroatoms. The number of nitrogens with zero attached hydrogens (tertiary/aromatic N) is 2. The number of benzene rings is 1. The van der Waals surface area contributed by atoms with Crippen molar-refractivity contribution >= 4 is 33.2 Å². The molecule has 0 atom stereocenters. The van der Waals surface area contributed by atoms with Crippen molar-refractivity contribution in [3.63, 3.8) is 0 Å². The Hall–Kier alpha value is -2.85. The third kappa shape index (κ3) is 4.70. The fourth-order valence-electron chi connectivity index (χ4n) is 2.16. The number of halogens is 2. The Balaban J connectivity index is 1.72. The molecule has 0 unspecified atom stereocenters. The first kappa shape index (κ1) is 19.9. The van der Waals surface area contributed by atoms with Gasteiger partial charge in [0.2, 0.25) is 9.84 Å². The molecule has 0 fully saturated rings. The zero-order valence-electron chi connectivity index (χ0n) is 14.1. The summed E-state index contributed by atoms with van der Waals surface area (Å²) in [6.45, 7) is 0. The van der Waals surface area contributed by atoms with Crippen molar-refractivity contribution in [2.24, 2.45) is 0 Å². The van der Waals surface area contributed by atoms with Gasteiger partial charge in [0.25, 0.3) is 5.91 Å². The Morgan fingerprint density at radius 3 is 2.32 bits per heavy atom. The van der Waals surface area contributed by atoms with Crippen LogP contribution in [0.2, 0.25) is 0 Å². The van der Waals surface area contributed by atoms with Gasteiger partial charge in [0.1, 0.15) is 10.1 Å². The van der Waals surface area contributed by atoms with E-state index in [9.17, 15) is 22.0 Å². The first-order chi connectivity index (χ1) is 13.4. The smallest absolute Gasteiger partial charge is 0.322 e. The highest BCUT2D eigenvalue weighted by atomic mass is 32.2. The summed E-state index contributed by atoms with van der Waals surface area (Å²) >= 11 is 1.32. The Labute approximate surface area is 164 Å². The number of hydrogen-bond acceptors (Lipinski definition) is 6. The highest BCUT2D eigenvalue weighted by Crippen LogP contribution is 2.26. The van der Waals surface area contributed by atoms with Gasteiger partial charge in [0, 0.05) is 23.6 Å². The number of alkyl halides is 2. The van der Waals surface area contributed by atoms with Crippen molar-refractivity contribution in [2.45, 2.75) is 20.7 Å². The molecule has 0 aliphatic rings. The average Bonchev–Trinajstić information content (AvgIpc) is 2.69. The summed E-state index contributed by atoms with van der Waals surface area (Å²) in [7, 11) is -4.70. The van der Waals surface area contributed by atoms with E-state index in [0.29, 0.717) is 10.7 Å². The molecule has 28 heavy (non-hydrogen) atoms. The third-order valence-corrected chi connectivity index (χ3v) is 5.80. The maximum Gasteiger partial charge on any atom is 0.341 e. The van der Waals surface area contributed by atoms with Crippen molar-refractivity contribution in [1.82, 2.24) is 9.97 Å². The SMILES string of the molecule is O=C(Nc1ccnc(Sc2ccccn2)c1)c1ccc(S(=O)(=O)C(F)F)cc1. The predicted octanol–water partition coefficient (Wildman–Crippen LogP) is 3.88. The second-order valence-electron chi connectivity index (χ2n) is 5.44. The normalized spacial score (nSPS) is 11.4. The van der Waals surface area contributed by atoms with Crippen LogP contribution in [0.5, 0.6) is 0 Å². The molecule has 6 nitrogen and oxygen atoms in total. The number of carbonyl (C=O) groups is 1. The van der Waals surface area contributed by atoms with E-state index in [2.05, 4.69) is 15.3 Å². The van der Waals surface area contributed by atoms with Gasteiger partial charge in [-0.05, 0) is 48.5 Å². The van der Waals surface area contributed by atoms with Gasteiger partial charge in [-0.15, -0.1) is 0 Å². The lowest BCUT2D eigenvalue weighted by atomic mass is 10.2. The number of sulfone groups is 1. The maximum absolute atomic E-state index is 12.6. The topological polar surface area (TPSA) is 89.0 Å². The molecule has 0 aliphatic carbocycles. The van der Waals surface area contributed by atoms with Crippen LogP contribution in [0.25, 0.3) is 0 Å². The van der Waals surface area contributed by atoms with Crippen LogP contribution in [-0.4, -0.2) is 30.1 Å². The van der Waals surface area contributed by atoms with Gasteiger partial charge in [-0.25, -0.2) is 18.4 Å². The number of anilines is 1. The van der Waals surface area contributed by atoms with Crippen LogP contribution in [0, 0.1) is 0 Å². The summed E-state index contributed by atoms with van der Waals surface area (Å²) in [5.74, 6) is -4.03. The van der Waals surface area contributed by atoms with Crippen molar-refractivity contribution in [1.29, 1.82) is 0 Å². The van der Waals surface area contributed by atoms with Gasteiger partial charge in [0.05, 0.1) is 4.90 Å². The largest absolute Gasteiger partial charge is 0.341 e. The molecule has 3 rings (SSSR count). The quantitative estimate of drug-likeness (QED) is 0.650. The standard InChI is InChI=1S/C18H13F2N3O3S2/c19-18(20)28(25,26)14-6-4-12(5-7-14)17(24)23-13-8-10-22-16(11-13)27-15-3-1-2-9-21-15/h1-11,18H,(H,22,23,24). The van der Waals surface area contributed by atoms with E-state index in [4.69, 9.17) is 0 Å². The summed E-state index contributed by atoms with van der Waals surface area (Å²) in [4.78, 5) is 20.2. The second kappa shape index (κ2) is 8.44. The summed E-state index contributed by atoms with van der Waals surface area (Å²) in [5.41, 5.74) is 0.603. The number of rotatable bonds is 6. The van der Waals surface area contributed by atoms with Crippen molar-refractivity contribution in [3.8, 4) is 0 Å². The molecule has 0 spiro atoms. The monoisotopic (exact) mass is 421 g/mol. The van der Waals surface area contributed by atoms with Gasteiger partial charge < -0.3 is 5.32 Å². The van der Waals surface area contributed by atoms with Crippen LogP contribution in [0.4, 0.5) is 14.5 Å². The molecule has 3 aromatic rings. The molecule has 1 aromatic carbocycles. The molecular formula is C18H13F2N3O3S2. The van der Waals surface area contributed by atoms with E-state index in [1.165, 1.54) is 30.1 Å². The Kier molecular flexibility index (Phi) is 6.00. The molecule has 0 bridgehead atoms. The molecule has 144 valence electrons. The van der Waals surface area contributed by atoms with E-state index >= 15 is 0 Å². The van der Waals surface area contributed by atoms with Gasteiger partial charge in [-0.2, -0.15) is 8.78 Å². The van der Waals surface area contributed by atoms with Gasteiger partial charge in [-0.3, -0.25) is 4.79 Å². The highest BCUT2D eigenvalue weighted by Gasteiger charge is 2.26. The number of hydrogen-bond donors (Lipinski definition) is 1. The minimum absolute atomic E-state index is 0.129. The number of nitrogens with one attached hydrogen (secondary N) is 1. The van der Waals surface area contributed by atoms with Gasteiger partial charge in [-0.1, -0.05) is 17.8 Å². The first-order valence-electron chi connectivity index (χ1n) is 7.84. The molecule has 1 amide bonds. The maximum atomic E-state index is 12.6. The van der Waals surface area contributed by atoms with Crippen LogP contribution >= 0.6 is 11.8 Å². The molecule has 0 saturated carbocycles. The summed E-state index contributed by atoms with van der Waals surface area (Å²) in [6.07, 6.45) is 3.19. The van der Waals surface area contributed by atoms with Crippen LogP contribution in [-0.2, 0) is 9.84 Å². The fraction of sp³-hybridized carbons (Fsp3) is 0.0556. The molecule has 0 saturated heterocycles. The fourth-order valence-corrected chi connectivity index (χ4v) is 3.65. The Morgan fingerprint density at radius 2 is 1.68 bits per heavy atom. The molecule has 0 aliphatic heterocycles. The van der Waals surface area contributed by atoms with Crippen molar-refractivity contribution in [2.75, 3.05) is 5.32 Å². The predicted molar refractivity (Wildman–Crippen MR) is 100 cm³/mol. The van der Waals surface area contributed by atoms with E-state index in [1.807, 2.05) is 12.1 Å². The molecule has 0 radical (unpaired) electrons. The first-order valence-corrected chi connectivity index (χ1v) is 10.2. The van der Waals surface area contributed by atoms with Crippen LogP contribution in [0.3, 0.4) is 0 Å². The lowest BCUT2D eigenvalue weighted by molar-refractivity contribution is 0.102. The van der Waals surface area contributed by atoms with Crippen LogP contribution < -0.4 is 5.32 Å². The van der Waals surface area contributed by atoms with E-state index < -0.39 is 26.4 Å². The lowest BCUT2D eigenvalue weighted by Crippen LogP contribution is -2.14. The van der Waals surface area contributed by atoms with Crippen molar-refractivity contribution in [3.05, 3.63) is 72.6 Å². The van der Waals surface area contributed by atoms with Crippen molar-refractivity contribution < 1.29 is 22.0 Å². The molecule has 2 aromatic heterocycles. The summed E-state index contributed by atoms with van der Waals surface area (Å²) < 4.78 is 48.0. The third-order valence-electron chi connectivity index (χ3n) is 3.52. The van der Waals surface area contributed by atoms with Gasteiger partial charge in [0.15, 0.2) is 0 Å². The zero-order chi connectivity index (χ0) is 20.1. The average molecular weight is 421 g/mol. The number of amides is 1. The minimum atomic E-state index is -4.70. The zero-order valence-corrected chi connectivity index (χ0v) is 15.8. The number of carbonyl (C=O) groups excluding carboxylic acids is 1. The lowest BCUT2D eigenvalue weighted by Gasteiger charge is -2.08. The molecule has 1 N–H and O–H groups in total. The van der Waals surface area contributed by atoms with E-state index in [1.54, 1.807) is 24.4 Å². The Morgan fingerprint density at radius 1 is 0.964 bits per heavy atom. The van der Waals surface area contributed by atoms with E-state index in [-0.39, 0.29) is 5.56 Å². The van der Waals surface area contributed by atoms with Crippen LogP contribution in [0.1, 0.15) is 10.4 Å². The van der Waals surface area contributed by atoms with Gasteiger partial charge >= 0.3 is 5.76 Å². The minimum Gasteiger partial charge on any atom is -0.322 e. The number of pyridine rings is 2. The van der Waals surface area contributed by atoms with E-state index in [0.717, 1.165) is 17.2 Å². The highest BCUT2D eigenvalue weighted by molar-refractivity contribution is 7.99. The summed E-state index contributed by atoms with van der Waals surface area (Å²) in [5, 5.41) is 4.02. The molecular weight excluding hydrogens is 408 g/mol. The van der Waals surface area contributed by atoms with Crippen LogP contribution in [0.15, 0.2) is 81.9 Å².